The number of hydrogen-bond donors (Lipinski definition) is 0. The Morgan fingerprint density at radius 1 is 0.545 bits per heavy atom. The molecule has 0 aliphatic heterocycles. The fraction of sp³-hybridized carbons (Fsp3) is 0.150. The van der Waals surface area contributed by atoms with Crippen LogP contribution < -0.4 is 19.3 Å². The number of anilines is 3. The number of ether oxygens (including phenoxy) is 2. The zero-order valence-electron chi connectivity index (χ0n) is 25.3. The van der Waals surface area contributed by atoms with Crippen molar-refractivity contribution in [2.24, 2.45) is 0 Å². The largest absolute Gasteiger partial charge is 0.458 e. The fourth-order valence-corrected chi connectivity index (χ4v) is 5.40. The van der Waals surface area contributed by atoms with Gasteiger partial charge in [0.05, 0.1) is 6.04 Å². The molecule has 5 aromatic carbocycles. The van der Waals surface area contributed by atoms with E-state index in [1.807, 2.05) is 36.4 Å². The molecule has 0 fully saturated rings. The third kappa shape index (κ3) is 7.40. The van der Waals surface area contributed by atoms with Crippen LogP contribution in [0, 0.1) is 13.8 Å². The van der Waals surface area contributed by atoms with E-state index in [-0.39, 0.29) is 6.04 Å². The lowest BCUT2D eigenvalue weighted by atomic mass is 10.0. The number of rotatable bonds is 11. The highest BCUT2D eigenvalue weighted by molar-refractivity contribution is 5.64. The minimum atomic E-state index is 0.214. The summed E-state index contributed by atoms with van der Waals surface area (Å²) in [4.78, 5) is 4.86. The van der Waals surface area contributed by atoms with E-state index in [0.29, 0.717) is 0 Å². The average molecular weight is 579 g/mol. The molecule has 0 saturated heterocycles. The predicted molar refractivity (Wildman–Crippen MR) is 182 cm³/mol. The molecule has 1 aliphatic carbocycles. The summed E-state index contributed by atoms with van der Waals surface area (Å²) in [5.74, 6) is 3.40. The molecule has 0 radical (unpaired) electrons. The van der Waals surface area contributed by atoms with Crippen molar-refractivity contribution in [1.29, 1.82) is 0 Å². The van der Waals surface area contributed by atoms with E-state index in [4.69, 9.17) is 9.47 Å². The van der Waals surface area contributed by atoms with Crippen molar-refractivity contribution in [1.82, 2.24) is 0 Å². The first-order valence-corrected chi connectivity index (χ1v) is 15.2. The van der Waals surface area contributed by atoms with E-state index in [0.717, 1.165) is 53.9 Å². The van der Waals surface area contributed by atoms with Crippen LogP contribution in [0.2, 0.25) is 0 Å². The van der Waals surface area contributed by atoms with Gasteiger partial charge in [0.1, 0.15) is 23.0 Å². The maximum atomic E-state index is 6.15. The third-order valence-electron chi connectivity index (χ3n) is 7.83. The lowest BCUT2D eigenvalue weighted by Gasteiger charge is -2.35. The highest BCUT2D eigenvalue weighted by Crippen LogP contribution is 2.31. The third-order valence-corrected chi connectivity index (χ3v) is 7.83. The van der Waals surface area contributed by atoms with E-state index in [1.165, 1.54) is 16.8 Å². The number of benzene rings is 5. The summed E-state index contributed by atoms with van der Waals surface area (Å²) in [6.45, 7) is 5.80. The lowest BCUT2D eigenvalue weighted by molar-refractivity contribution is 0.436. The van der Waals surface area contributed by atoms with Gasteiger partial charge in [-0.25, -0.2) is 0 Å². The van der Waals surface area contributed by atoms with Gasteiger partial charge in [0.15, 0.2) is 0 Å². The van der Waals surface area contributed by atoms with Gasteiger partial charge in [-0.2, -0.15) is 0 Å². The second kappa shape index (κ2) is 13.8. The molecular formula is C40H38N2O2. The second-order valence-electron chi connectivity index (χ2n) is 11.1. The van der Waals surface area contributed by atoms with Crippen molar-refractivity contribution in [3.63, 3.8) is 0 Å². The first kappa shape index (κ1) is 28.9. The van der Waals surface area contributed by atoms with E-state index in [2.05, 4.69) is 139 Å². The zero-order chi connectivity index (χ0) is 30.1. The standard InChI is InChI=1S/C40H38N2O2/c1-31-13-21-37(22-14-31)43-39-25-17-35(18-26-39)41(33-9-5-3-6-10-33)29-30-42(34-11-7-4-8-12-34)36-19-27-40(28-20-36)44-38-23-15-32(2)16-24-38/h3-19,21-28,36H,20,29-30H2,1-2H3. The zero-order valence-corrected chi connectivity index (χ0v) is 25.3. The van der Waals surface area contributed by atoms with Crippen LogP contribution in [0.5, 0.6) is 17.2 Å². The summed E-state index contributed by atoms with van der Waals surface area (Å²) < 4.78 is 12.3. The Hall–Kier alpha value is -5.22. The minimum Gasteiger partial charge on any atom is -0.458 e. The molecule has 0 amide bonds. The van der Waals surface area contributed by atoms with E-state index in [1.54, 1.807) is 0 Å². The van der Waals surface area contributed by atoms with Crippen LogP contribution in [0.1, 0.15) is 17.5 Å². The van der Waals surface area contributed by atoms with Crippen molar-refractivity contribution in [3.8, 4) is 17.2 Å². The molecule has 0 spiro atoms. The first-order chi connectivity index (χ1) is 21.6. The van der Waals surface area contributed by atoms with Crippen molar-refractivity contribution >= 4 is 17.1 Å². The number of hydrogen-bond acceptors (Lipinski definition) is 4. The Labute approximate surface area is 261 Å². The summed E-state index contributed by atoms with van der Waals surface area (Å²) in [7, 11) is 0. The minimum absolute atomic E-state index is 0.214. The monoisotopic (exact) mass is 578 g/mol. The van der Waals surface area contributed by atoms with Crippen LogP contribution >= 0.6 is 0 Å². The summed E-state index contributed by atoms with van der Waals surface area (Å²) in [6.07, 6.45) is 7.43. The van der Waals surface area contributed by atoms with Gasteiger partial charge in [0, 0.05) is 30.2 Å². The molecule has 0 bridgehead atoms. The Morgan fingerprint density at radius 3 is 1.59 bits per heavy atom. The molecule has 6 rings (SSSR count). The Morgan fingerprint density at radius 2 is 1.05 bits per heavy atom. The van der Waals surface area contributed by atoms with E-state index >= 15 is 0 Å². The average Bonchev–Trinajstić information content (AvgIpc) is 3.07. The maximum Gasteiger partial charge on any atom is 0.127 e. The molecule has 44 heavy (non-hydrogen) atoms. The summed E-state index contributed by atoms with van der Waals surface area (Å²) in [5.41, 5.74) is 5.91. The van der Waals surface area contributed by atoms with E-state index < -0.39 is 0 Å². The van der Waals surface area contributed by atoms with Crippen LogP contribution in [-0.2, 0) is 0 Å². The quantitative estimate of drug-likeness (QED) is 0.156. The molecular weight excluding hydrogens is 540 g/mol. The van der Waals surface area contributed by atoms with Crippen molar-refractivity contribution in [2.45, 2.75) is 26.3 Å². The normalized spacial score (nSPS) is 14.0. The SMILES string of the molecule is Cc1ccc(OC2=CCC(N(CCN(c3ccccc3)c3ccc(Oc4ccc(C)cc4)cc3)c3ccccc3)C=C2)cc1. The van der Waals surface area contributed by atoms with Gasteiger partial charge in [0.2, 0.25) is 0 Å². The van der Waals surface area contributed by atoms with E-state index in [9.17, 15) is 0 Å². The molecule has 1 aliphatic rings. The Kier molecular flexibility index (Phi) is 9.08. The molecule has 0 heterocycles. The number of aryl methyl sites for hydroxylation is 2. The van der Waals surface area contributed by atoms with Gasteiger partial charge in [-0.15, -0.1) is 0 Å². The van der Waals surface area contributed by atoms with Gasteiger partial charge in [-0.05, 0) is 105 Å². The smallest absolute Gasteiger partial charge is 0.127 e. The summed E-state index contributed by atoms with van der Waals surface area (Å²) >= 11 is 0. The number of allylic oxidation sites excluding steroid dienone is 1. The molecule has 1 unspecified atom stereocenters. The second-order valence-corrected chi connectivity index (χ2v) is 11.1. The predicted octanol–water partition coefficient (Wildman–Crippen LogP) is 10.0. The van der Waals surface area contributed by atoms with Crippen molar-refractivity contribution in [3.05, 3.63) is 169 Å². The summed E-state index contributed by atoms with van der Waals surface area (Å²) in [5, 5.41) is 0. The summed E-state index contributed by atoms with van der Waals surface area (Å²) in [6, 6.07) is 46.2. The van der Waals surface area contributed by atoms with Crippen LogP contribution in [-0.4, -0.2) is 19.1 Å². The van der Waals surface area contributed by atoms with Gasteiger partial charge in [-0.3, -0.25) is 0 Å². The first-order valence-electron chi connectivity index (χ1n) is 15.2. The number of para-hydroxylation sites is 2. The fourth-order valence-electron chi connectivity index (χ4n) is 5.40. The molecule has 0 N–H and O–H groups in total. The molecule has 4 nitrogen and oxygen atoms in total. The van der Waals surface area contributed by atoms with Gasteiger partial charge in [0.25, 0.3) is 0 Å². The molecule has 0 saturated carbocycles. The van der Waals surface area contributed by atoms with Gasteiger partial charge >= 0.3 is 0 Å². The molecule has 1 atom stereocenters. The Bertz CT molecular complexity index is 1680. The van der Waals surface area contributed by atoms with Crippen LogP contribution in [0.3, 0.4) is 0 Å². The molecule has 5 aromatic rings. The van der Waals surface area contributed by atoms with Crippen LogP contribution in [0.15, 0.2) is 157 Å². The van der Waals surface area contributed by atoms with Crippen LogP contribution in [0.25, 0.3) is 0 Å². The maximum absolute atomic E-state index is 6.15. The Balaban J connectivity index is 1.19. The highest BCUT2D eigenvalue weighted by Gasteiger charge is 2.21. The number of nitrogens with zero attached hydrogens (tertiary/aromatic N) is 2. The molecule has 220 valence electrons. The van der Waals surface area contributed by atoms with Crippen molar-refractivity contribution in [2.75, 3.05) is 22.9 Å². The highest BCUT2D eigenvalue weighted by atomic mass is 16.5. The van der Waals surface area contributed by atoms with Gasteiger partial charge < -0.3 is 19.3 Å². The molecule has 0 aromatic heterocycles. The van der Waals surface area contributed by atoms with Gasteiger partial charge in [-0.1, -0.05) is 77.9 Å². The molecule has 4 heteroatoms. The van der Waals surface area contributed by atoms with Crippen molar-refractivity contribution < 1.29 is 9.47 Å². The topological polar surface area (TPSA) is 24.9 Å². The lowest BCUT2D eigenvalue weighted by Crippen LogP contribution is -2.40. The van der Waals surface area contributed by atoms with Crippen LogP contribution in [0.4, 0.5) is 17.1 Å².